The van der Waals surface area contributed by atoms with Crippen molar-refractivity contribution in [1.82, 2.24) is 9.88 Å². The molecule has 1 aromatic rings. The van der Waals surface area contributed by atoms with Gasteiger partial charge in [0.2, 0.25) is 0 Å². The first kappa shape index (κ1) is 15.0. The first-order valence-corrected chi connectivity index (χ1v) is 6.68. The van der Waals surface area contributed by atoms with Gasteiger partial charge in [-0.15, -0.1) is 0 Å². The third-order valence-corrected chi connectivity index (χ3v) is 2.79. The van der Waals surface area contributed by atoms with Gasteiger partial charge in [0.1, 0.15) is 0 Å². The van der Waals surface area contributed by atoms with Crippen molar-refractivity contribution < 1.29 is 4.79 Å². The van der Waals surface area contributed by atoms with Gasteiger partial charge < -0.3 is 4.90 Å². The van der Waals surface area contributed by atoms with Gasteiger partial charge in [-0.3, -0.25) is 9.78 Å². The Labute approximate surface area is 114 Å². The summed E-state index contributed by atoms with van der Waals surface area (Å²) in [6.45, 7) is 9.89. The van der Waals surface area contributed by atoms with E-state index in [4.69, 9.17) is 11.6 Å². The summed E-state index contributed by atoms with van der Waals surface area (Å²) < 4.78 is 0. The van der Waals surface area contributed by atoms with Crippen molar-refractivity contribution in [3.8, 4) is 0 Å². The van der Waals surface area contributed by atoms with Gasteiger partial charge in [-0.05, 0) is 17.9 Å². The molecule has 4 heteroatoms. The summed E-state index contributed by atoms with van der Waals surface area (Å²) in [5, 5.41) is 0.465. The number of halogens is 1. The lowest BCUT2D eigenvalue weighted by Gasteiger charge is -2.26. The molecule has 0 bridgehead atoms. The van der Waals surface area contributed by atoms with Gasteiger partial charge in [-0.1, -0.05) is 39.3 Å². The molecule has 18 heavy (non-hydrogen) atoms. The molecule has 0 radical (unpaired) electrons. The van der Waals surface area contributed by atoms with E-state index in [1.54, 1.807) is 18.5 Å². The molecule has 0 unspecified atom stereocenters. The summed E-state index contributed by atoms with van der Waals surface area (Å²) in [5.74, 6) is 0.835. The first-order valence-electron chi connectivity index (χ1n) is 6.30. The summed E-state index contributed by atoms with van der Waals surface area (Å²) in [4.78, 5) is 18.3. The number of carbonyl (C=O) groups is 1. The van der Waals surface area contributed by atoms with E-state index in [1.807, 2.05) is 4.90 Å². The highest BCUT2D eigenvalue weighted by Gasteiger charge is 2.20. The van der Waals surface area contributed by atoms with E-state index in [0.717, 1.165) is 13.1 Å². The van der Waals surface area contributed by atoms with Crippen LogP contribution in [-0.4, -0.2) is 28.9 Å². The first-order chi connectivity index (χ1) is 8.41. The van der Waals surface area contributed by atoms with E-state index >= 15 is 0 Å². The van der Waals surface area contributed by atoms with Crippen molar-refractivity contribution in [2.75, 3.05) is 13.1 Å². The van der Waals surface area contributed by atoms with Crippen LogP contribution in [-0.2, 0) is 0 Å². The molecule has 1 amide bonds. The molecule has 0 N–H and O–H groups in total. The Morgan fingerprint density at radius 1 is 1.28 bits per heavy atom. The Bertz CT molecular complexity index is 395. The molecule has 0 aromatic carbocycles. The fraction of sp³-hybridized carbons (Fsp3) is 0.571. The molecule has 3 nitrogen and oxygen atoms in total. The Hall–Kier alpha value is -1.09. The predicted octanol–water partition coefficient (Wildman–Crippen LogP) is 3.49. The maximum atomic E-state index is 12.4. The fourth-order valence-corrected chi connectivity index (χ4v) is 2.01. The summed E-state index contributed by atoms with van der Waals surface area (Å²) >= 11 is 6.05. The fourth-order valence-electron chi connectivity index (χ4n) is 1.83. The molecule has 0 saturated carbocycles. The monoisotopic (exact) mass is 268 g/mol. The smallest absolute Gasteiger partial charge is 0.256 e. The van der Waals surface area contributed by atoms with Crippen molar-refractivity contribution in [2.24, 2.45) is 11.8 Å². The quantitative estimate of drug-likeness (QED) is 0.819. The van der Waals surface area contributed by atoms with Crippen LogP contribution >= 0.6 is 11.6 Å². The second-order valence-corrected chi connectivity index (χ2v) is 5.76. The number of hydrogen-bond donors (Lipinski definition) is 0. The van der Waals surface area contributed by atoms with E-state index < -0.39 is 0 Å². The molecular formula is C14H21ClN2O. The number of aromatic nitrogens is 1. The van der Waals surface area contributed by atoms with Crippen LogP contribution in [0.4, 0.5) is 0 Å². The van der Waals surface area contributed by atoms with Gasteiger partial charge in [0.25, 0.3) is 5.91 Å². The predicted molar refractivity (Wildman–Crippen MR) is 74.8 cm³/mol. The zero-order chi connectivity index (χ0) is 13.7. The average Bonchev–Trinajstić information content (AvgIpc) is 2.26. The Balaban J connectivity index is 2.91. The summed E-state index contributed by atoms with van der Waals surface area (Å²) in [6, 6.07) is 1.65. The summed E-state index contributed by atoms with van der Waals surface area (Å²) in [7, 11) is 0. The normalized spacial score (nSPS) is 11.1. The van der Waals surface area contributed by atoms with Crippen molar-refractivity contribution in [2.45, 2.75) is 27.7 Å². The van der Waals surface area contributed by atoms with E-state index in [0.29, 0.717) is 22.4 Å². The topological polar surface area (TPSA) is 33.2 Å². The van der Waals surface area contributed by atoms with Crippen LogP contribution in [0, 0.1) is 11.8 Å². The van der Waals surface area contributed by atoms with Gasteiger partial charge in [0.05, 0.1) is 10.6 Å². The second kappa shape index (κ2) is 6.74. The van der Waals surface area contributed by atoms with Crippen LogP contribution in [0.15, 0.2) is 18.5 Å². The summed E-state index contributed by atoms with van der Waals surface area (Å²) in [5.41, 5.74) is 0.487. The minimum absolute atomic E-state index is 0.0319. The second-order valence-electron chi connectivity index (χ2n) is 5.35. The van der Waals surface area contributed by atoms with Crippen molar-refractivity contribution >= 4 is 17.5 Å². The van der Waals surface area contributed by atoms with Crippen LogP contribution in [0.2, 0.25) is 5.02 Å². The van der Waals surface area contributed by atoms with Crippen molar-refractivity contribution in [3.63, 3.8) is 0 Å². The number of amides is 1. The molecule has 100 valence electrons. The number of pyridine rings is 1. The number of hydrogen-bond acceptors (Lipinski definition) is 2. The van der Waals surface area contributed by atoms with Gasteiger partial charge in [0, 0.05) is 25.5 Å². The highest BCUT2D eigenvalue weighted by atomic mass is 35.5. The maximum absolute atomic E-state index is 12.4. The zero-order valence-corrected chi connectivity index (χ0v) is 12.2. The number of nitrogens with zero attached hydrogens (tertiary/aromatic N) is 2. The van der Waals surface area contributed by atoms with Crippen LogP contribution < -0.4 is 0 Å². The molecule has 0 aliphatic carbocycles. The lowest BCUT2D eigenvalue weighted by atomic mass is 10.1. The SMILES string of the molecule is CC(C)CN(CC(C)C)C(=O)c1cnccc1Cl. The Morgan fingerprint density at radius 3 is 2.28 bits per heavy atom. The van der Waals surface area contributed by atoms with Crippen molar-refractivity contribution in [1.29, 1.82) is 0 Å². The summed E-state index contributed by atoms with van der Waals surface area (Å²) in [6.07, 6.45) is 3.13. The van der Waals surface area contributed by atoms with Crippen LogP contribution in [0.5, 0.6) is 0 Å². The van der Waals surface area contributed by atoms with E-state index in [9.17, 15) is 4.79 Å². The van der Waals surface area contributed by atoms with E-state index in [2.05, 4.69) is 32.7 Å². The largest absolute Gasteiger partial charge is 0.338 e. The third-order valence-electron chi connectivity index (χ3n) is 2.46. The van der Waals surface area contributed by atoms with Crippen LogP contribution in [0.3, 0.4) is 0 Å². The molecule has 1 rings (SSSR count). The molecule has 1 heterocycles. The molecule has 0 fully saturated rings. The Kier molecular flexibility index (Phi) is 5.60. The molecule has 0 spiro atoms. The lowest BCUT2D eigenvalue weighted by Crippen LogP contribution is -2.37. The van der Waals surface area contributed by atoms with Crippen molar-refractivity contribution in [3.05, 3.63) is 29.0 Å². The Morgan fingerprint density at radius 2 is 1.83 bits per heavy atom. The average molecular weight is 269 g/mol. The minimum atomic E-state index is -0.0319. The van der Waals surface area contributed by atoms with Gasteiger partial charge in [0.15, 0.2) is 0 Å². The highest BCUT2D eigenvalue weighted by Crippen LogP contribution is 2.17. The van der Waals surface area contributed by atoms with Gasteiger partial charge in [-0.25, -0.2) is 0 Å². The van der Waals surface area contributed by atoms with Crippen LogP contribution in [0.25, 0.3) is 0 Å². The van der Waals surface area contributed by atoms with E-state index in [1.165, 1.54) is 0 Å². The molecular weight excluding hydrogens is 248 g/mol. The molecule has 0 aliphatic rings. The number of rotatable bonds is 5. The third kappa shape index (κ3) is 4.30. The van der Waals surface area contributed by atoms with E-state index in [-0.39, 0.29) is 5.91 Å². The number of carbonyl (C=O) groups excluding carboxylic acids is 1. The van der Waals surface area contributed by atoms with Gasteiger partial charge in [-0.2, -0.15) is 0 Å². The lowest BCUT2D eigenvalue weighted by molar-refractivity contribution is 0.0715. The van der Waals surface area contributed by atoms with Gasteiger partial charge >= 0.3 is 0 Å². The standard InChI is InChI=1S/C14H21ClN2O/c1-10(2)8-17(9-11(3)4)14(18)12-7-16-6-5-13(12)15/h5-7,10-11H,8-9H2,1-4H3. The highest BCUT2D eigenvalue weighted by molar-refractivity contribution is 6.33. The molecule has 1 aromatic heterocycles. The maximum Gasteiger partial charge on any atom is 0.256 e. The molecule has 0 saturated heterocycles. The van der Waals surface area contributed by atoms with Crippen LogP contribution in [0.1, 0.15) is 38.1 Å². The zero-order valence-electron chi connectivity index (χ0n) is 11.5. The minimum Gasteiger partial charge on any atom is -0.338 e. The molecule has 0 aliphatic heterocycles. The molecule has 0 atom stereocenters.